The molecule has 2 aromatic rings. The number of hydrogen-bond acceptors (Lipinski definition) is 5. The molecular weight excluding hydrogens is 396 g/mol. The molecule has 2 N–H and O–H groups in total. The smallest absolute Gasteiger partial charge is 0.341 e. The van der Waals surface area contributed by atoms with Crippen LogP contribution < -0.4 is 20.5 Å². The summed E-state index contributed by atoms with van der Waals surface area (Å²) in [7, 11) is 0. The first kappa shape index (κ1) is 21.1. The fourth-order valence-electron chi connectivity index (χ4n) is 3.75. The van der Waals surface area contributed by atoms with Gasteiger partial charge in [-0.25, -0.2) is 10.2 Å². The number of carbonyl (C=O) groups excluding carboxylic acids is 2. The molecule has 1 fully saturated rings. The number of morpholine rings is 1. The fraction of sp³-hybridized carbons (Fsp3) is 0.391. The summed E-state index contributed by atoms with van der Waals surface area (Å²) in [5, 5.41) is 0. The molecule has 0 atom stereocenters. The number of benzene rings is 2. The Morgan fingerprint density at radius 3 is 2.48 bits per heavy atom. The van der Waals surface area contributed by atoms with E-state index < -0.39 is 6.03 Å². The van der Waals surface area contributed by atoms with Crippen molar-refractivity contribution < 1.29 is 19.1 Å². The number of anilines is 1. The van der Waals surface area contributed by atoms with Gasteiger partial charge in [0.25, 0.3) is 0 Å². The topological polar surface area (TPSA) is 83.1 Å². The van der Waals surface area contributed by atoms with Crippen LogP contribution >= 0.6 is 0 Å². The van der Waals surface area contributed by atoms with Gasteiger partial charge in [0.2, 0.25) is 5.91 Å². The normalized spacial score (nSPS) is 15.8. The van der Waals surface area contributed by atoms with E-state index in [1.165, 1.54) is 0 Å². The van der Waals surface area contributed by atoms with E-state index in [1.54, 1.807) is 4.90 Å². The molecule has 2 aromatic carbocycles. The summed E-state index contributed by atoms with van der Waals surface area (Å²) in [5.41, 5.74) is 6.63. The minimum Gasteiger partial charge on any atom is -0.455 e. The Labute approximate surface area is 182 Å². The van der Waals surface area contributed by atoms with Gasteiger partial charge in [0.1, 0.15) is 5.75 Å². The minimum atomic E-state index is -0.408. The number of nitrogens with one attached hydrogen (secondary N) is 2. The highest BCUT2D eigenvalue weighted by Gasteiger charge is 2.25. The SMILES string of the molecule is O=C(CCCCN1CCOCC1)NNC(=O)N1Cc2ccccc2Oc2ccccc21. The van der Waals surface area contributed by atoms with Gasteiger partial charge in [0, 0.05) is 25.1 Å². The maximum absolute atomic E-state index is 12.9. The molecule has 1 saturated heterocycles. The number of hydrogen-bond donors (Lipinski definition) is 2. The lowest BCUT2D eigenvalue weighted by Crippen LogP contribution is -2.48. The van der Waals surface area contributed by atoms with Gasteiger partial charge >= 0.3 is 6.03 Å². The molecule has 0 unspecified atom stereocenters. The van der Waals surface area contributed by atoms with Crippen LogP contribution in [-0.2, 0) is 16.1 Å². The highest BCUT2D eigenvalue weighted by molar-refractivity contribution is 5.95. The van der Waals surface area contributed by atoms with Crippen LogP contribution in [0.25, 0.3) is 0 Å². The van der Waals surface area contributed by atoms with Crippen LogP contribution in [0.3, 0.4) is 0 Å². The number of rotatable bonds is 5. The number of nitrogens with zero attached hydrogens (tertiary/aromatic N) is 2. The van der Waals surface area contributed by atoms with E-state index in [0.29, 0.717) is 24.4 Å². The highest BCUT2D eigenvalue weighted by Crippen LogP contribution is 2.38. The molecule has 8 heteroatoms. The quantitative estimate of drug-likeness (QED) is 0.570. The van der Waals surface area contributed by atoms with Crippen LogP contribution in [-0.4, -0.2) is 49.7 Å². The predicted octanol–water partition coefficient (Wildman–Crippen LogP) is 3.04. The molecule has 0 aliphatic carbocycles. The second-order valence-electron chi connectivity index (χ2n) is 7.65. The van der Waals surface area contributed by atoms with Crippen LogP contribution in [0, 0.1) is 0 Å². The van der Waals surface area contributed by atoms with E-state index in [1.807, 2.05) is 48.5 Å². The van der Waals surface area contributed by atoms with Gasteiger partial charge < -0.3 is 9.47 Å². The van der Waals surface area contributed by atoms with E-state index in [-0.39, 0.29) is 5.91 Å². The van der Waals surface area contributed by atoms with Gasteiger partial charge in [-0.3, -0.25) is 20.0 Å². The summed E-state index contributed by atoms with van der Waals surface area (Å²) in [4.78, 5) is 29.0. The molecule has 0 saturated carbocycles. The second-order valence-corrected chi connectivity index (χ2v) is 7.65. The van der Waals surface area contributed by atoms with Crippen molar-refractivity contribution in [2.24, 2.45) is 0 Å². The van der Waals surface area contributed by atoms with Crippen LogP contribution in [0.1, 0.15) is 24.8 Å². The predicted molar refractivity (Wildman–Crippen MR) is 117 cm³/mol. The van der Waals surface area contributed by atoms with Crippen LogP contribution in [0.15, 0.2) is 48.5 Å². The standard InChI is InChI=1S/C23H28N4O4/c28-22(11-5-6-12-26-13-15-30-16-14-26)24-25-23(29)27-17-18-7-1-3-9-20(18)31-21-10-4-2-8-19(21)27/h1-4,7-10H,5-6,11-17H2,(H,24,28)(H,25,29). The van der Waals surface area contributed by atoms with Gasteiger partial charge in [-0.05, 0) is 37.6 Å². The lowest BCUT2D eigenvalue weighted by Gasteiger charge is -2.26. The van der Waals surface area contributed by atoms with E-state index in [0.717, 1.165) is 57.0 Å². The fourth-order valence-corrected chi connectivity index (χ4v) is 3.75. The van der Waals surface area contributed by atoms with E-state index in [4.69, 9.17) is 9.47 Å². The summed E-state index contributed by atoms with van der Waals surface area (Å²) in [6.45, 7) is 4.77. The summed E-state index contributed by atoms with van der Waals surface area (Å²) in [6.07, 6.45) is 2.08. The van der Waals surface area contributed by atoms with Gasteiger partial charge in [-0.15, -0.1) is 0 Å². The van der Waals surface area contributed by atoms with Crippen LogP contribution in [0.5, 0.6) is 11.5 Å². The van der Waals surface area contributed by atoms with Gasteiger partial charge in [0.05, 0.1) is 25.4 Å². The molecule has 0 bridgehead atoms. The first-order valence-electron chi connectivity index (χ1n) is 10.7. The summed E-state index contributed by atoms with van der Waals surface area (Å²) in [5.74, 6) is 1.11. The molecule has 0 spiro atoms. The molecule has 164 valence electrons. The van der Waals surface area contributed by atoms with Crippen molar-refractivity contribution in [2.75, 3.05) is 37.7 Å². The number of hydrazine groups is 1. The van der Waals surface area contributed by atoms with Crippen molar-refractivity contribution in [1.29, 1.82) is 0 Å². The van der Waals surface area contributed by atoms with Crippen molar-refractivity contribution in [3.63, 3.8) is 0 Å². The molecule has 31 heavy (non-hydrogen) atoms. The molecule has 3 amide bonds. The summed E-state index contributed by atoms with van der Waals surface area (Å²) >= 11 is 0. The Morgan fingerprint density at radius 2 is 1.65 bits per heavy atom. The first-order chi connectivity index (χ1) is 15.2. The lowest BCUT2D eigenvalue weighted by atomic mass is 10.2. The zero-order valence-electron chi connectivity index (χ0n) is 17.5. The van der Waals surface area contributed by atoms with Crippen molar-refractivity contribution in [3.8, 4) is 11.5 Å². The molecule has 2 aliphatic rings. The highest BCUT2D eigenvalue weighted by atomic mass is 16.5. The molecular formula is C23H28N4O4. The number of unbranched alkanes of at least 4 members (excludes halogenated alkanes) is 1. The Morgan fingerprint density at radius 1 is 0.903 bits per heavy atom. The molecule has 0 aromatic heterocycles. The van der Waals surface area contributed by atoms with Crippen molar-refractivity contribution >= 4 is 17.6 Å². The Hall–Kier alpha value is -3.10. The number of urea groups is 1. The largest absolute Gasteiger partial charge is 0.455 e. The third kappa shape index (κ3) is 5.53. The zero-order valence-corrected chi connectivity index (χ0v) is 17.5. The van der Waals surface area contributed by atoms with Gasteiger partial charge in [0.15, 0.2) is 5.75 Å². The summed E-state index contributed by atoms with van der Waals surface area (Å²) < 4.78 is 11.3. The number of para-hydroxylation sites is 3. The third-order valence-corrected chi connectivity index (χ3v) is 5.46. The minimum absolute atomic E-state index is 0.199. The van der Waals surface area contributed by atoms with E-state index in [2.05, 4.69) is 15.8 Å². The second kappa shape index (κ2) is 10.3. The Bertz CT molecular complexity index is 914. The maximum atomic E-state index is 12.9. The third-order valence-electron chi connectivity index (χ3n) is 5.46. The number of ether oxygens (including phenoxy) is 2. The van der Waals surface area contributed by atoms with Crippen molar-refractivity contribution in [1.82, 2.24) is 15.8 Å². The maximum Gasteiger partial charge on any atom is 0.341 e. The van der Waals surface area contributed by atoms with Crippen molar-refractivity contribution in [2.45, 2.75) is 25.8 Å². The average Bonchev–Trinajstić information content (AvgIpc) is 2.98. The van der Waals surface area contributed by atoms with Gasteiger partial charge in [-0.1, -0.05) is 30.3 Å². The molecule has 2 heterocycles. The molecule has 0 radical (unpaired) electrons. The van der Waals surface area contributed by atoms with Crippen LogP contribution in [0.2, 0.25) is 0 Å². The van der Waals surface area contributed by atoms with Gasteiger partial charge in [-0.2, -0.15) is 0 Å². The Kier molecular flexibility index (Phi) is 7.01. The average molecular weight is 425 g/mol. The zero-order chi connectivity index (χ0) is 21.5. The summed E-state index contributed by atoms with van der Waals surface area (Å²) in [6, 6.07) is 14.6. The van der Waals surface area contributed by atoms with Crippen LogP contribution in [0.4, 0.5) is 10.5 Å². The van der Waals surface area contributed by atoms with E-state index in [9.17, 15) is 9.59 Å². The van der Waals surface area contributed by atoms with Crippen molar-refractivity contribution in [3.05, 3.63) is 54.1 Å². The molecule has 2 aliphatic heterocycles. The molecule has 4 rings (SSSR count). The Balaban J connectivity index is 1.29. The first-order valence-corrected chi connectivity index (χ1v) is 10.7. The number of fused-ring (bicyclic) bond motifs is 2. The molecule has 8 nitrogen and oxygen atoms in total. The lowest BCUT2D eigenvalue weighted by molar-refractivity contribution is -0.121. The number of amides is 3. The monoisotopic (exact) mass is 424 g/mol. The van der Waals surface area contributed by atoms with E-state index >= 15 is 0 Å². The number of carbonyl (C=O) groups is 2.